The molecule has 2 fully saturated rings. The monoisotopic (exact) mass is 411 g/mol. The number of fused-ring (bicyclic) bond motifs is 3. The molecule has 1 aromatic heterocycles. The third-order valence-electron chi connectivity index (χ3n) is 6.89. The van der Waals surface area contributed by atoms with Crippen LogP contribution in [-0.2, 0) is 13.0 Å². The Morgan fingerprint density at radius 3 is 2.83 bits per heavy atom. The number of carbonyl (C=O) groups is 1. The molecule has 4 aliphatic rings. The van der Waals surface area contributed by atoms with E-state index in [0.717, 1.165) is 31.5 Å². The largest absolute Gasteiger partial charge is 0.488 e. The van der Waals surface area contributed by atoms with Gasteiger partial charge in [0, 0.05) is 31.4 Å². The molecular formula is C22H25N3O5. The van der Waals surface area contributed by atoms with Gasteiger partial charge in [0.25, 0.3) is 5.91 Å². The second-order valence-corrected chi connectivity index (χ2v) is 8.79. The van der Waals surface area contributed by atoms with E-state index in [4.69, 9.17) is 14.2 Å². The lowest BCUT2D eigenvalue weighted by molar-refractivity contribution is -0.0232. The van der Waals surface area contributed by atoms with E-state index in [1.807, 2.05) is 33.8 Å². The highest BCUT2D eigenvalue weighted by molar-refractivity contribution is 5.92. The molecule has 1 aliphatic carbocycles. The number of aliphatic hydroxyl groups is 1. The van der Waals surface area contributed by atoms with Crippen LogP contribution in [0.1, 0.15) is 35.4 Å². The van der Waals surface area contributed by atoms with Gasteiger partial charge in [-0.05, 0) is 55.7 Å². The van der Waals surface area contributed by atoms with E-state index in [0.29, 0.717) is 54.3 Å². The summed E-state index contributed by atoms with van der Waals surface area (Å²) in [4.78, 5) is 14.9. The van der Waals surface area contributed by atoms with Crippen LogP contribution in [0.4, 0.5) is 0 Å². The Morgan fingerprint density at radius 2 is 1.97 bits per heavy atom. The second kappa shape index (κ2) is 6.91. The zero-order valence-electron chi connectivity index (χ0n) is 16.7. The van der Waals surface area contributed by atoms with Crippen molar-refractivity contribution in [2.45, 2.75) is 44.4 Å². The van der Waals surface area contributed by atoms with Crippen LogP contribution < -0.4 is 14.2 Å². The van der Waals surface area contributed by atoms with Crippen molar-refractivity contribution in [3.05, 3.63) is 35.7 Å². The Kier molecular flexibility index (Phi) is 4.16. The molecule has 4 heterocycles. The van der Waals surface area contributed by atoms with Crippen molar-refractivity contribution in [3.63, 3.8) is 0 Å². The number of aliphatic hydroxyl groups excluding tert-OH is 1. The summed E-state index contributed by atoms with van der Waals surface area (Å²) in [6, 6.07) is 7.42. The van der Waals surface area contributed by atoms with Gasteiger partial charge in [0.15, 0.2) is 17.2 Å². The van der Waals surface area contributed by atoms with Gasteiger partial charge in [0.1, 0.15) is 11.9 Å². The van der Waals surface area contributed by atoms with Crippen molar-refractivity contribution in [2.24, 2.45) is 11.8 Å². The third-order valence-corrected chi connectivity index (χ3v) is 6.89. The molecule has 8 nitrogen and oxygen atoms in total. The fourth-order valence-corrected chi connectivity index (χ4v) is 5.33. The lowest BCUT2D eigenvalue weighted by atomic mass is 9.78. The van der Waals surface area contributed by atoms with Gasteiger partial charge in [-0.1, -0.05) is 0 Å². The standard InChI is InChI=1S/C22H25N3O5/c26-18-6-13-10-24(22(27)17-8-15-2-1-5-25(15)23-17)11-14(13)7-20(18)30-16-3-4-19-21(9-16)29-12-28-19/h3-4,8-9,13-14,18,20,26H,1-2,5-7,10-12H2/t13-,14+,18+,20+/m0/s1. The predicted octanol–water partition coefficient (Wildman–Crippen LogP) is 1.85. The molecule has 158 valence electrons. The number of likely N-dealkylation sites (tertiary alicyclic amines) is 1. The number of aryl methyl sites for hydroxylation is 2. The molecule has 4 atom stereocenters. The maximum Gasteiger partial charge on any atom is 0.274 e. The highest BCUT2D eigenvalue weighted by Gasteiger charge is 2.44. The van der Waals surface area contributed by atoms with Crippen LogP contribution in [0, 0.1) is 11.8 Å². The number of aromatic nitrogens is 2. The quantitative estimate of drug-likeness (QED) is 0.830. The average molecular weight is 411 g/mol. The normalized spacial score (nSPS) is 29.0. The molecule has 0 radical (unpaired) electrons. The zero-order chi connectivity index (χ0) is 20.2. The third kappa shape index (κ3) is 3.01. The van der Waals surface area contributed by atoms with Crippen molar-refractivity contribution in [2.75, 3.05) is 19.9 Å². The smallest absolute Gasteiger partial charge is 0.274 e. The minimum atomic E-state index is -0.553. The summed E-state index contributed by atoms with van der Waals surface area (Å²) in [6.07, 6.45) is 2.62. The number of nitrogens with zero attached hydrogens (tertiary/aromatic N) is 3. The van der Waals surface area contributed by atoms with Crippen LogP contribution in [0.25, 0.3) is 0 Å². The summed E-state index contributed by atoms with van der Waals surface area (Å²) in [5.74, 6) is 2.68. The number of benzene rings is 1. The van der Waals surface area contributed by atoms with E-state index in [1.165, 1.54) is 0 Å². The first-order chi connectivity index (χ1) is 14.6. The van der Waals surface area contributed by atoms with Gasteiger partial charge in [0.2, 0.25) is 6.79 Å². The first-order valence-electron chi connectivity index (χ1n) is 10.7. The van der Waals surface area contributed by atoms with Crippen LogP contribution in [0.5, 0.6) is 17.2 Å². The Bertz CT molecular complexity index is 968. The predicted molar refractivity (Wildman–Crippen MR) is 106 cm³/mol. The van der Waals surface area contributed by atoms with E-state index in [9.17, 15) is 9.90 Å². The molecule has 1 N–H and O–H groups in total. The van der Waals surface area contributed by atoms with Crippen molar-refractivity contribution in [1.29, 1.82) is 0 Å². The number of hydrogen-bond donors (Lipinski definition) is 1. The summed E-state index contributed by atoms with van der Waals surface area (Å²) in [5, 5.41) is 15.2. The highest BCUT2D eigenvalue weighted by Crippen LogP contribution is 2.40. The van der Waals surface area contributed by atoms with Gasteiger partial charge < -0.3 is 24.2 Å². The summed E-state index contributed by atoms with van der Waals surface area (Å²) in [5.41, 5.74) is 1.71. The first-order valence-corrected chi connectivity index (χ1v) is 10.7. The van der Waals surface area contributed by atoms with E-state index in [2.05, 4.69) is 5.10 Å². The van der Waals surface area contributed by atoms with Crippen LogP contribution >= 0.6 is 0 Å². The fraction of sp³-hybridized carbons (Fsp3) is 0.545. The molecule has 6 rings (SSSR count). The van der Waals surface area contributed by atoms with Crippen LogP contribution in [0.15, 0.2) is 24.3 Å². The van der Waals surface area contributed by atoms with Gasteiger partial charge in [-0.2, -0.15) is 5.10 Å². The maximum atomic E-state index is 13.0. The molecule has 8 heteroatoms. The Hall–Kier alpha value is -2.74. The van der Waals surface area contributed by atoms with Gasteiger partial charge >= 0.3 is 0 Å². The number of amides is 1. The Labute approximate surface area is 174 Å². The molecule has 2 aromatic rings. The van der Waals surface area contributed by atoms with Gasteiger partial charge in [-0.25, -0.2) is 0 Å². The van der Waals surface area contributed by atoms with Gasteiger partial charge in [-0.3, -0.25) is 9.48 Å². The molecule has 0 spiro atoms. The molecule has 30 heavy (non-hydrogen) atoms. The van der Waals surface area contributed by atoms with E-state index in [1.54, 1.807) is 0 Å². The van der Waals surface area contributed by atoms with Crippen LogP contribution in [0.3, 0.4) is 0 Å². The molecular weight excluding hydrogens is 386 g/mol. The topological polar surface area (TPSA) is 86.1 Å². The van der Waals surface area contributed by atoms with Crippen molar-refractivity contribution >= 4 is 5.91 Å². The van der Waals surface area contributed by atoms with Gasteiger partial charge in [0.05, 0.1) is 6.10 Å². The zero-order valence-corrected chi connectivity index (χ0v) is 16.7. The number of hydrogen-bond acceptors (Lipinski definition) is 6. The first kappa shape index (κ1) is 18.1. The van der Waals surface area contributed by atoms with Crippen LogP contribution in [0.2, 0.25) is 0 Å². The van der Waals surface area contributed by atoms with E-state index >= 15 is 0 Å². The molecule has 1 amide bonds. The molecule has 1 aromatic carbocycles. The minimum absolute atomic E-state index is 0.00836. The van der Waals surface area contributed by atoms with E-state index in [-0.39, 0.29) is 18.8 Å². The lowest BCUT2D eigenvalue weighted by Crippen LogP contribution is -2.42. The highest BCUT2D eigenvalue weighted by atomic mass is 16.7. The van der Waals surface area contributed by atoms with E-state index < -0.39 is 6.10 Å². The SMILES string of the molecule is O=C(c1cc2n(n1)CCC2)N1C[C@H]2C[C@@H](Oc3ccc4c(c3)OCO4)[C@H](O)C[C@H]2C1. The lowest BCUT2D eigenvalue weighted by Gasteiger charge is -2.35. The van der Waals surface area contributed by atoms with Crippen LogP contribution in [-0.4, -0.2) is 57.8 Å². The minimum Gasteiger partial charge on any atom is -0.488 e. The number of carbonyl (C=O) groups excluding carboxylic acids is 1. The fourth-order valence-electron chi connectivity index (χ4n) is 5.33. The van der Waals surface area contributed by atoms with Gasteiger partial charge in [-0.15, -0.1) is 0 Å². The Morgan fingerprint density at radius 1 is 1.13 bits per heavy atom. The second-order valence-electron chi connectivity index (χ2n) is 8.79. The average Bonchev–Trinajstić information content (AvgIpc) is 3.50. The maximum absolute atomic E-state index is 13.0. The summed E-state index contributed by atoms with van der Waals surface area (Å²) in [7, 11) is 0. The summed E-state index contributed by atoms with van der Waals surface area (Å²) in [6.45, 7) is 2.50. The van der Waals surface area contributed by atoms with Crippen molar-refractivity contribution in [3.8, 4) is 17.2 Å². The molecule has 0 bridgehead atoms. The molecule has 1 saturated heterocycles. The summed E-state index contributed by atoms with van der Waals surface area (Å²) < 4.78 is 18.8. The van der Waals surface area contributed by atoms with Crippen molar-refractivity contribution < 1.29 is 24.1 Å². The van der Waals surface area contributed by atoms with Crippen molar-refractivity contribution in [1.82, 2.24) is 14.7 Å². The Balaban J connectivity index is 1.13. The molecule has 3 aliphatic heterocycles. The molecule has 0 unspecified atom stereocenters. The summed E-state index contributed by atoms with van der Waals surface area (Å²) >= 11 is 0. The number of ether oxygens (including phenoxy) is 3. The number of rotatable bonds is 3. The molecule has 1 saturated carbocycles.